The van der Waals surface area contributed by atoms with Crippen LogP contribution in [0.25, 0.3) is 16.3 Å². The SMILES string of the molecule is O=C(/C=C/c1ccc(Cl)cc1Cl)NC(=S)Nc1nc2c(Cl)c(Cl)ccc2s1. The maximum absolute atomic E-state index is 12.0. The molecule has 0 aliphatic carbocycles. The van der Waals surface area contributed by atoms with Crippen LogP contribution in [0.3, 0.4) is 0 Å². The van der Waals surface area contributed by atoms with Gasteiger partial charge >= 0.3 is 0 Å². The maximum atomic E-state index is 12.0. The molecule has 0 unspecified atom stereocenters. The number of thiocarbonyl (C=S) groups is 1. The van der Waals surface area contributed by atoms with Gasteiger partial charge in [0.25, 0.3) is 0 Å². The number of aromatic nitrogens is 1. The van der Waals surface area contributed by atoms with Crippen molar-refractivity contribution in [2.45, 2.75) is 0 Å². The third-order valence-corrected chi connectivity index (χ3v) is 5.78. The molecule has 0 spiro atoms. The number of hydrogen-bond acceptors (Lipinski definition) is 4. The smallest absolute Gasteiger partial charge is 0.250 e. The van der Waals surface area contributed by atoms with Crippen molar-refractivity contribution < 1.29 is 4.79 Å². The molecule has 138 valence electrons. The minimum atomic E-state index is -0.416. The summed E-state index contributed by atoms with van der Waals surface area (Å²) in [7, 11) is 0. The van der Waals surface area contributed by atoms with Crippen molar-refractivity contribution in [2.24, 2.45) is 0 Å². The molecule has 1 heterocycles. The molecule has 0 fully saturated rings. The Hall–Kier alpha value is -1.41. The summed E-state index contributed by atoms with van der Waals surface area (Å²) < 4.78 is 0.846. The summed E-state index contributed by atoms with van der Waals surface area (Å²) in [5.41, 5.74) is 1.23. The number of nitrogens with one attached hydrogen (secondary N) is 2. The fourth-order valence-corrected chi connectivity index (χ4v) is 4.10. The predicted octanol–water partition coefficient (Wildman–Crippen LogP) is 6.44. The van der Waals surface area contributed by atoms with Gasteiger partial charge in [-0.1, -0.05) is 63.8 Å². The lowest BCUT2D eigenvalue weighted by molar-refractivity contribution is -0.115. The molecule has 1 aromatic heterocycles. The van der Waals surface area contributed by atoms with E-state index in [1.54, 1.807) is 30.3 Å². The minimum Gasteiger partial charge on any atom is -0.308 e. The highest BCUT2D eigenvalue weighted by atomic mass is 35.5. The van der Waals surface area contributed by atoms with E-state index in [2.05, 4.69) is 15.6 Å². The van der Waals surface area contributed by atoms with Crippen molar-refractivity contribution in [3.63, 3.8) is 0 Å². The first-order valence-corrected chi connectivity index (χ1v) is 10.1. The van der Waals surface area contributed by atoms with Crippen LogP contribution in [0.1, 0.15) is 5.56 Å². The second kappa shape index (κ2) is 8.73. The van der Waals surface area contributed by atoms with E-state index in [0.717, 1.165) is 4.70 Å². The van der Waals surface area contributed by atoms with Crippen LogP contribution in [-0.4, -0.2) is 16.0 Å². The number of carbonyl (C=O) groups excluding carboxylic acids is 1. The van der Waals surface area contributed by atoms with Crippen molar-refractivity contribution in [3.8, 4) is 0 Å². The Morgan fingerprint density at radius 3 is 2.63 bits per heavy atom. The van der Waals surface area contributed by atoms with Gasteiger partial charge in [0.05, 0.1) is 14.7 Å². The summed E-state index contributed by atoms with van der Waals surface area (Å²) in [6, 6.07) is 8.49. The molecule has 2 N–H and O–H groups in total. The van der Waals surface area contributed by atoms with E-state index in [1.165, 1.54) is 17.4 Å². The average molecular weight is 477 g/mol. The van der Waals surface area contributed by atoms with Crippen LogP contribution in [0.15, 0.2) is 36.4 Å². The number of carbonyl (C=O) groups is 1. The molecule has 0 saturated carbocycles. The van der Waals surface area contributed by atoms with Gasteiger partial charge in [-0.25, -0.2) is 4.98 Å². The Kier molecular flexibility index (Phi) is 6.57. The zero-order chi connectivity index (χ0) is 19.6. The van der Waals surface area contributed by atoms with E-state index in [0.29, 0.717) is 36.3 Å². The van der Waals surface area contributed by atoms with E-state index in [9.17, 15) is 4.79 Å². The number of thiazole rings is 1. The van der Waals surface area contributed by atoms with Crippen LogP contribution in [0.2, 0.25) is 20.1 Å². The third-order valence-electron chi connectivity index (χ3n) is 3.29. The van der Waals surface area contributed by atoms with Crippen LogP contribution in [0.5, 0.6) is 0 Å². The van der Waals surface area contributed by atoms with Gasteiger partial charge in [-0.15, -0.1) is 0 Å². The molecule has 1 amide bonds. The highest BCUT2D eigenvalue weighted by Gasteiger charge is 2.11. The highest BCUT2D eigenvalue weighted by molar-refractivity contribution is 7.80. The summed E-state index contributed by atoms with van der Waals surface area (Å²) in [6.45, 7) is 0. The largest absolute Gasteiger partial charge is 0.308 e. The average Bonchev–Trinajstić information content (AvgIpc) is 3.00. The Morgan fingerprint density at radius 2 is 1.89 bits per heavy atom. The van der Waals surface area contributed by atoms with Crippen LogP contribution >= 0.6 is 70.0 Å². The quantitative estimate of drug-likeness (QED) is 0.337. The van der Waals surface area contributed by atoms with E-state index in [4.69, 9.17) is 58.6 Å². The summed E-state index contributed by atoms with van der Waals surface area (Å²) >= 11 is 30.5. The fourth-order valence-electron chi connectivity index (χ4n) is 2.07. The summed E-state index contributed by atoms with van der Waals surface area (Å²) in [5.74, 6) is -0.416. The number of halogens is 4. The zero-order valence-corrected chi connectivity index (χ0v) is 17.9. The summed E-state index contributed by atoms with van der Waals surface area (Å²) in [6.07, 6.45) is 2.88. The number of nitrogens with zero attached hydrogens (tertiary/aromatic N) is 1. The van der Waals surface area contributed by atoms with Gasteiger partial charge in [-0.05, 0) is 48.1 Å². The predicted molar refractivity (Wildman–Crippen MR) is 119 cm³/mol. The van der Waals surface area contributed by atoms with E-state index in [1.807, 2.05) is 6.07 Å². The molecule has 0 aliphatic rings. The summed E-state index contributed by atoms with van der Waals surface area (Å²) in [5, 5.41) is 7.73. The fraction of sp³-hybridized carbons (Fsp3) is 0. The van der Waals surface area contributed by atoms with Crippen LogP contribution in [0, 0.1) is 0 Å². The van der Waals surface area contributed by atoms with Crippen LogP contribution < -0.4 is 10.6 Å². The number of fused-ring (bicyclic) bond motifs is 1. The third kappa shape index (κ3) is 5.10. The van der Waals surface area contributed by atoms with Crippen molar-refractivity contribution in [3.05, 3.63) is 62.1 Å². The Bertz CT molecular complexity index is 1080. The van der Waals surface area contributed by atoms with Gasteiger partial charge < -0.3 is 5.32 Å². The molecule has 0 bridgehead atoms. The number of rotatable bonds is 3. The minimum absolute atomic E-state index is 0.105. The maximum Gasteiger partial charge on any atom is 0.250 e. The molecule has 10 heteroatoms. The molecular weight excluding hydrogens is 468 g/mol. The second-order valence-corrected chi connectivity index (χ2v) is 8.24. The highest BCUT2D eigenvalue weighted by Crippen LogP contribution is 2.35. The lowest BCUT2D eigenvalue weighted by atomic mass is 10.2. The Labute approximate surface area is 184 Å². The van der Waals surface area contributed by atoms with Gasteiger partial charge in [0.2, 0.25) is 5.91 Å². The van der Waals surface area contributed by atoms with Crippen molar-refractivity contribution in [1.82, 2.24) is 10.3 Å². The lowest BCUT2D eigenvalue weighted by Gasteiger charge is -2.04. The van der Waals surface area contributed by atoms with E-state index < -0.39 is 5.91 Å². The van der Waals surface area contributed by atoms with Crippen molar-refractivity contribution in [2.75, 3.05) is 5.32 Å². The van der Waals surface area contributed by atoms with Crippen LogP contribution in [0.4, 0.5) is 5.13 Å². The Morgan fingerprint density at radius 1 is 1.11 bits per heavy atom. The van der Waals surface area contributed by atoms with E-state index >= 15 is 0 Å². The van der Waals surface area contributed by atoms with Crippen molar-refractivity contribution in [1.29, 1.82) is 0 Å². The molecule has 0 saturated heterocycles. The first kappa shape index (κ1) is 20.3. The molecular formula is C17H9Cl4N3OS2. The van der Waals surface area contributed by atoms with E-state index in [-0.39, 0.29) is 5.11 Å². The molecule has 0 atom stereocenters. The molecule has 4 nitrogen and oxygen atoms in total. The van der Waals surface area contributed by atoms with Gasteiger partial charge in [0.1, 0.15) is 5.52 Å². The van der Waals surface area contributed by atoms with Gasteiger partial charge in [0.15, 0.2) is 10.2 Å². The molecule has 0 aliphatic heterocycles. The van der Waals surface area contributed by atoms with Crippen LogP contribution in [-0.2, 0) is 4.79 Å². The molecule has 3 aromatic rings. The van der Waals surface area contributed by atoms with Gasteiger partial charge in [-0.3, -0.25) is 10.1 Å². The molecule has 27 heavy (non-hydrogen) atoms. The zero-order valence-electron chi connectivity index (χ0n) is 13.2. The number of amides is 1. The normalized spacial score (nSPS) is 11.1. The molecule has 0 radical (unpaired) electrons. The number of anilines is 1. The topological polar surface area (TPSA) is 54.0 Å². The molecule has 2 aromatic carbocycles. The summed E-state index contributed by atoms with van der Waals surface area (Å²) in [4.78, 5) is 16.4. The Balaban J connectivity index is 1.64. The first-order valence-electron chi connectivity index (χ1n) is 7.33. The standard InChI is InChI=1S/C17H9Cl4N3OS2/c18-9-3-1-8(11(20)7-9)2-6-13(25)22-16(26)24-17-23-15-12(27-17)5-4-10(19)14(15)21/h1-7H,(H2,22,23,24,25,26)/b6-2+. The second-order valence-electron chi connectivity index (χ2n) is 5.17. The number of benzene rings is 2. The first-order chi connectivity index (χ1) is 12.8. The van der Waals surface area contributed by atoms with Gasteiger partial charge in [0, 0.05) is 16.1 Å². The van der Waals surface area contributed by atoms with Crippen molar-refractivity contribution >= 4 is 102 Å². The molecule has 3 rings (SSSR count). The number of hydrogen-bond donors (Lipinski definition) is 2. The monoisotopic (exact) mass is 475 g/mol. The lowest BCUT2D eigenvalue weighted by Crippen LogP contribution is -2.32. The van der Waals surface area contributed by atoms with Gasteiger partial charge in [-0.2, -0.15) is 0 Å².